The van der Waals surface area contributed by atoms with Gasteiger partial charge >= 0.3 is 5.97 Å². The molecule has 0 unspecified atom stereocenters. The summed E-state index contributed by atoms with van der Waals surface area (Å²) < 4.78 is 22.1. The van der Waals surface area contributed by atoms with Gasteiger partial charge in [-0.15, -0.1) is 5.92 Å². The predicted molar refractivity (Wildman–Crippen MR) is 106 cm³/mol. The third kappa shape index (κ3) is 5.11. The fourth-order valence-electron chi connectivity index (χ4n) is 2.83. The molecule has 5 nitrogen and oxygen atoms in total. The van der Waals surface area contributed by atoms with Crippen molar-refractivity contribution >= 4 is 17.6 Å². The van der Waals surface area contributed by atoms with Crippen LogP contribution in [0.5, 0.6) is 17.2 Å². The number of carbonyl (C=O) groups excluding carboxylic acids is 1. The Bertz CT molecular complexity index is 882. The van der Waals surface area contributed by atoms with E-state index in [1.54, 1.807) is 25.1 Å². The molecule has 2 atom stereocenters. The molecule has 0 N–H and O–H groups in total. The Labute approximate surface area is 169 Å². The van der Waals surface area contributed by atoms with E-state index in [0.29, 0.717) is 35.5 Å². The summed E-state index contributed by atoms with van der Waals surface area (Å²) in [5.41, 5.74) is 0.938. The zero-order valence-electron chi connectivity index (χ0n) is 15.7. The minimum atomic E-state index is -0.289. The van der Waals surface area contributed by atoms with Crippen LogP contribution in [0.2, 0.25) is 5.02 Å². The van der Waals surface area contributed by atoms with Gasteiger partial charge in [0, 0.05) is 11.1 Å². The van der Waals surface area contributed by atoms with Crippen LogP contribution in [0.4, 0.5) is 0 Å². The first-order valence-electron chi connectivity index (χ1n) is 8.90. The molecule has 6 heteroatoms. The van der Waals surface area contributed by atoms with Crippen molar-refractivity contribution in [3.63, 3.8) is 0 Å². The number of ether oxygens (including phenoxy) is 4. The monoisotopic (exact) mass is 400 g/mol. The van der Waals surface area contributed by atoms with Crippen molar-refractivity contribution in [1.82, 2.24) is 0 Å². The highest BCUT2D eigenvalue weighted by atomic mass is 35.5. The van der Waals surface area contributed by atoms with Gasteiger partial charge < -0.3 is 18.9 Å². The number of benzene rings is 2. The van der Waals surface area contributed by atoms with E-state index in [1.807, 2.05) is 24.3 Å². The van der Waals surface area contributed by atoms with Gasteiger partial charge in [0.15, 0.2) is 17.6 Å². The van der Waals surface area contributed by atoms with E-state index >= 15 is 0 Å². The Hall–Kier alpha value is -2.84. The summed E-state index contributed by atoms with van der Waals surface area (Å²) >= 11 is 6.00. The van der Waals surface area contributed by atoms with Crippen molar-refractivity contribution in [2.45, 2.75) is 25.4 Å². The Balaban J connectivity index is 1.58. The van der Waals surface area contributed by atoms with Crippen LogP contribution in [0.3, 0.4) is 0 Å². The maximum absolute atomic E-state index is 11.6. The van der Waals surface area contributed by atoms with Gasteiger partial charge in [-0.3, -0.25) is 4.79 Å². The number of rotatable bonds is 6. The normalized spacial score (nSPS) is 15.8. The molecule has 0 saturated carbocycles. The predicted octanol–water partition coefficient (Wildman–Crippen LogP) is 4.23. The number of hydrogen-bond acceptors (Lipinski definition) is 5. The molecule has 1 aliphatic heterocycles. The van der Waals surface area contributed by atoms with E-state index in [9.17, 15) is 4.79 Å². The second-order valence-electron chi connectivity index (χ2n) is 6.25. The standard InChI is InChI=1S/C22H21ClO5/c1-3-4-16(11-22(24)25-2)15-5-8-18(9-6-15)26-13-19-14-27-20-10-7-17(23)12-21(20)28-19/h5-10,12,16,19H,11,13-14H2,1-2H3/t16-,19+/m0/s1. The van der Waals surface area contributed by atoms with Gasteiger partial charge in [0.1, 0.15) is 19.0 Å². The lowest BCUT2D eigenvalue weighted by atomic mass is 9.96. The van der Waals surface area contributed by atoms with Crippen LogP contribution in [0.15, 0.2) is 42.5 Å². The topological polar surface area (TPSA) is 54.0 Å². The van der Waals surface area contributed by atoms with Crippen molar-refractivity contribution in [3.8, 4) is 29.1 Å². The van der Waals surface area contributed by atoms with Gasteiger partial charge in [0.05, 0.1) is 19.4 Å². The molecule has 1 heterocycles. The van der Waals surface area contributed by atoms with E-state index in [4.69, 9.17) is 30.5 Å². The third-order valence-corrected chi connectivity index (χ3v) is 4.49. The summed E-state index contributed by atoms with van der Waals surface area (Å²) in [5, 5.41) is 0.594. The van der Waals surface area contributed by atoms with Gasteiger partial charge in [-0.05, 0) is 36.8 Å². The van der Waals surface area contributed by atoms with E-state index in [1.165, 1.54) is 7.11 Å². The van der Waals surface area contributed by atoms with Crippen molar-refractivity contribution in [2.24, 2.45) is 0 Å². The van der Waals surface area contributed by atoms with Crippen molar-refractivity contribution in [1.29, 1.82) is 0 Å². The highest BCUT2D eigenvalue weighted by Gasteiger charge is 2.22. The van der Waals surface area contributed by atoms with Crippen LogP contribution in [0.1, 0.15) is 24.8 Å². The maximum atomic E-state index is 11.6. The molecule has 0 radical (unpaired) electrons. The maximum Gasteiger partial charge on any atom is 0.307 e. The highest BCUT2D eigenvalue weighted by Crippen LogP contribution is 2.34. The number of fused-ring (bicyclic) bond motifs is 1. The first-order chi connectivity index (χ1) is 13.6. The van der Waals surface area contributed by atoms with Crippen LogP contribution < -0.4 is 14.2 Å². The smallest absolute Gasteiger partial charge is 0.307 e. The van der Waals surface area contributed by atoms with E-state index < -0.39 is 0 Å². The minimum absolute atomic E-state index is 0.206. The van der Waals surface area contributed by atoms with Crippen LogP contribution >= 0.6 is 11.6 Å². The first kappa shape index (κ1) is 19.9. The van der Waals surface area contributed by atoms with Crippen LogP contribution in [0.25, 0.3) is 0 Å². The average Bonchev–Trinajstić information content (AvgIpc) is 2.72. The first-order valence-corrected chi connectivity index (χ1v) is 9.27. The SMILES string of the molecule is CC#C[C@@H](CC(=O)OC)c1ccc(OC[C@@H]2COc3ccc(Cl)cc3O2)cc1. The lowest BCUT2D eigenvalue weighted by Gasteiger charge is -2.26. The van der Waals surface area contributed by atoms with E-state index in [-0.39, 0.29) is 24.4 Å². The van der Waals surface area contributed by atoms with Crippen molar-refractivity contribution in [2.75, 3.05) is 20.3 Å². The summed E-state index contributed by atoms with van der Waals surface area (Å²) in [6.45, 7) is 2.49. The average molecular weight is 401 g/mol. The van der Waals surface area contributed by atoms with Crippen molar-refractivity contribution in [3.05, 3.63) is 53.1 Å². The molecule has 0 aromatic heterocycles. The molecule has 0 aliphatic carbocycles. The Morgan fingerprint density at radius 3 is 2.75 bits per heavy atom. The molecular weight excluding hydrogens is 380 g/mol. The summed E-state index contributed by atoms with van der Waals surface area (Å²) in [7, 11) is 1.37. The van der Waals surface area contributed by atoms with Crippen molar-refractivity contribution < 1.29 is 23.7 Å². The van der Waals surface area contributed by atoms with Crippen LogP contribution in [0, 0.1) is 11.8 Å². The molecule has 3 rings (SSSR count). The highest BCUT2D eigenvalue weighted by molar-refractivity contribution is 6.30. The van der Waals surface area contributed by atoms with Gasteiger partial charge in [-0.1, -0.05) is 29.7 Å². The summed E-state index contributed by atoms with van der Waals surface area (Å²) in [6.07, 6.45) is -0.0177. The largest absolute Gasteiger partial charge is 0.490 e. The lowest BCUT2D eigenvalue weighted by molar-refractivity contribution is -0.140. The molecular formula is C22H21ClO5. The molecule has 0 spiro atoms. The van der Waals surface area contributed by atoms with E-state index in [2.05, 4.69) is 11.8 Å². The quantitative estimate of drug-likeness (QED) is 0.536. The summed E-state index contributed by atoms with van der Waals surface area (Å²) in [6, 6.07) is 12.8. The number of esters is 1. The molecule has 2 aromatic carbocycles. The lowest BCUT2D eigenvalue weighted by Crippen LogP contribution is -2.34. The number of halogens is 1. The second-order valence-corrected chi connectivity index (χ2v) is 6.69. The molecule has 146 valence electrons. The molecule has 0 saturated heterocycles. The number of methoxy groups -OCH3 is 1. The molecule has 1 aliphatic rings. The Morgan fingerprint density at radius 2 is 2.04 bits per heavy atom. The fourth-order valence-corrected chi connectivity index (χ4v) is 3.00. The van der Waals surface area contributed by atoms with Gasteiger partial charge in [0.25, 0.3) is 0 Å². The zero-order chi connectivity index (χ0) is 19.9. The molecule has 28 heavy (non-hydrogen) atoms. The molecule has 0 amide bonds. The van der Waals surface area contributed by atoms with Gasteiger partial charge in [-0.25, -0.2) is 0 Å². The second kappa shape index (κ2) is 9.38. The molecule has 0 bridgehead atoms. The number of hydrogen-bond donors (Lipinski definition) is 0. The van der Waals surface area contributed by atoms with Gasteiger partial charge in [-0.2, -0.15) is 0 Å². The number of carbonyl (C=O) groups is 1. The van der Waals surface area contributed by atoms with Crippen LogP contribution in [-0.4, -0.2) is 32.4 Å². The van der Waals surface area contributed by atoms with E-state index in [0.717, 1.165) is 5.56 Å². The van der Waals surface area contributed by atoms with Crippen LogP contribution in [-0.2, 0) is 9.53 Å². The fraction of sp³-hybridized carbons (Fsp3) is 0.318. The van der Waals surface area contributed by atoms with Gasteiger partial charge in [0.2, 0.25) is 0 Å². The zero-order valence-corrected chi connectivity index (χ0v) is 16.5. The Morgan fingerprint density at radius 1 is 1.25 bits per heavy atom. The minimum Gasteiger partial charge on any atom is -0.490 e. The Kier molecular flexibility index (Phi) is 6.67. The summed E-state index contributed by atoms with van der Waals surface area (Å²) in [4.78, 5) is 11.6. The summed E-state index contributed by atoms with van der Waals surface area (Å²) in [5.74, 6) is 7.41. The molecule has 0 fully saturated rings. The molecule has 2 aromatic rings. The third-order valence-electron chi connectivity index (χ3n) is 4.26.